The molecule has 0 bridgehead atoms. The highest BCUT2D eigenvalue weighted by atomic mass is 32.1. The molecule has 1 aromatic heterocycles. The summed E-state index contributed by atoms with van der Waals surface area (Å²) in [5.41, 5.74) is 0.895. The van der Waals surface area contributed by atoms with Crippen molar-refractivity contribution in [3.05, 3.63) is 21.4 Å². The Labute approximate surface area is 104 Å². The lowest BCUT2D eigenvalue weighted by molar-refractivity contribution is -0.269. The maximum Gasteiger partial charge on any atom is 0.463 e. The van der Waals surface area contributed by atoms with Gasteiger partial charge in [0, 0.05) is 9.75 Å². The standard InChI is InChI=1S/C10H10F5NOS/c1-5-3-7(18-6(5)2)4-16-8(17)9(11,12)10(13,14)15/h3H,4H2,1-2H3,(H,16,17). The maximum atomic E-state index is 12.6. The van der Waals surface area contributed by atoms with Crippen LogP contribution in [0.25, 0.3) is 0 Å². The average Bonchev–Trinajstić information content (AvgIpc) is 2.53. The lowest BCUT2D eigenvalue weighted by Crippen LogP contribution is -2.50. The summed E-state index contributed by atoms with van der Waals surface area (Å²) in [4.78, 5) is 12.2. The molecule has 0 fully saturated rings. The Bertz CT molecular complexity index is 432. The Morgan fingerprint density at radius 2 is 1.83 bits per heavy atom. The Balaban J connectivity index is 2.67. The molecule has 1 amide bonds. The van der Waals surface area contributed by atoms with Crippen molar-refractivity contribution in [1.29, 1.82) is 0 Å². The minimum Gasteiger partial charge on any atom is -0.346 e. The molecule has 1 N–H and O–H groups in total. The van der Waals surface area contributed by atoms with Crippen LogP contribution in [-0.2, 0) is 11.3 Å². The number of carbonyl (C=O) groups is 1. The maximum absolute atomic E-state index is 12.6. The third-order valence-corrected chi connectivity index (χ3v) is 3.43. The molecule has 0 atom stereocenters. The summed E-state index contributed by atoms with van der Waals surface area (Å²) in [7, 11) is 0. The molecule has 1 rings (SSSR count). The van der Waals surface area contributed by atoms with Crippen LogP contribution in [0.4, 0.5) is 22.0 Å². The number of hydrogen-bond donors (Lipinski definition) is 1. The molecule has 0 radical (unpaired) electrons. The van der Waals surface area contributed by atoms with E-state index in [-0.39, 0.29) is 6.54 Å². The fourth-order valence-corrected chi connectivity index (χ4v) is 2.14. The van der Waals surface area contributed by atoms with Crippen LogP contribution in [0.15, 0.2) is 6.07 Å². The molecule has 2 nitrogen and oxygen atoms in total. The second-order valence-corrected chi connectivity index (χ2v) is 5.05. The van der Waals surface area contributed by atoms with E-state index in [0.29, 0.717) is 4.88 Å². The number of carbonyl (C=O) groups excluding carboxylic acids is 1. The number of nitrogens with one attached hydrogen (secondary N) is 1. The Kier molecular flexibility index (Phi) is 3.99. The van der Waals surface area contributed by atoms with E-state index in [2.05, 4.69) is 0 Å². The molecular weight excluding hydrogens is 277 g/mol. The molecule has 0 spiro atoms. The first kappa shape index (κ1) is 14.9. The molecule has 0 saturated heterocycles. The number of amides is 1. The quantitative estimate of drug-likeness (QED) is 0.850. The summed E-state index contributed by atoms with van der Waals surface area (Å²) < 4.78 is 60.8. The van der Waals surface area contributed by atoms with Gasteiger partial charge in [-0.3, -0.25) is 4.79 Å². The van der Waals surface area contributed by atoms with Gasteiger partial charge in [-0.2, -0.15) is 22.0 Å². The molecule has 1 aromatic rings. The number of alkyl halides is 5. The van der Waals surface area contributed by atoms with Gasteiger partial charge in [0.15, 0.2) is 0 Å². The first-order chi connectivity index (χ1) is 8.05. The van der Waals surface area contributed by atoms with Crippen molar-refractivity contribution in [1.82, 2.24) is 5.32 Å². The number of thiophene rings is 1. The molecule has 0 unspecified atom stereocenters. The van der Waals surface area contributed by atoms with Gasteiger partial charge in [-0.25, -0.2) is 0 Å². The summed E-state index contributed by atoms with van der Waals surface area (Å²) in [6, 6.07) is 1.63. The van der Waals surface area contributed by atoms with Gasteiger partial charge < -0.3 is 5.32 Å². The van der Waals surface area contributed by atoms with Crippen molar-refractivity contribution in [2.75, 3.05) is 0 Å². The molecule has 0 aromatic carbocycles. The zero-order valence-electron chi connectivity index (χ0n) is 9.49. The Morgan fingerprint density at radius 1 is 1.28 bits per heavy atom. The second-order valence-electron chi connectivity index (χ2n) is 3.71. The van der Waals surface area contributed by atoms with E-state index in [9.17, 15) is 26.7 Å². The normalized spacial score (nSPS) is 12.6. The fraction of sp³-hybridized carbons (Fsp3) is 0.500. The number of halogens is 5. The first-order valence-corrected chi connectivity index (χ1v) is 5.66. The van der Waals surface area contributed by atoms with Crippen LogP contribution in [0.5, 0.6) is 0 Å². The van der Waals surface area contributed by atoms with E-state index in [1.807, 2.05) is 0 Å². The van der Waals surface area contributed by atoms with Crippen molar-refractivity contribution in [2.45, 2.75) is 32.5 Å². The zero-order valence-corrected chi connectivity index (χ0v) is 10.3. The van der Waals surface area contributed by atoms with Crippen LogP contribution < -0.4 is 5.32 Å². The lowest BCUT2D eigenvalue weighted by Gasteiger charge is -2.18. The van der Waals surface area contributed by atoms with Crippen LogP contribution in [0.2, 0.25) is 0 Å². The molecule has 0 aliphatic heterocycles. The van der Waals surface area contributed by atoms with E-state index >= 15 is 0 Å². The highest BCUT2D eigenvalue weighted by molar-refractivity contribution is 7.12. The van der Waals surface area contributed by atoms with Crippen molar-refractivity contribution >= 4 is 17.2 Å². The third-order valence-electron chi connectivity index (χ3n) is 2.28. The van der Waals surface area contributed by atoms with Crippen LogP contribution in [0.3, 0.4) is 0 Å². The number of hydrogen-bond acceptors (Lipinski definition) is 2. The molecule has 102 valence electrons. The van der Waals surface area contributed by atoms with E-state index in [1.165, 1.54) is 11.3 Å². The predicted molar refractivity (Wildman–Crippen MR) is 56.6 cm³/mol. The highest BCUT2D eigenvalue weighted by Gasteiger charge is 2.63. The summed E-state index contributed by atoms with van der Waals surface area (Å²) in [6.07, 6.45) is -5.88. The topological polar surface area (TPSA) is 29.1 Å². The van der Waals surface area contributed by atoms with Crippen LogP contribution in [0.1, 0.15) is 15.3 Å². The van der Waals surface area contributed by atoms with E-state index in [0.717, 1.165) is 10.4 Å². The molecule has 1 heterocycles. The molecule has 0 aliphatic carbocycles. The highest BCUT2D eigenvalue weighted by Crippen LogP contribution is 2.35. The molecule has 18 heavy (non-hydrogen) atoms. The number of aryl methyl sites for hydroxylation is 2. The van der Waals surface area contributed by atoms with Gasteiger partial charge in [-0.05, 0) is 25.5 Å². The number of rotatable bonds is 3. The van der Waals surface area contributed by atoms with Gasteiger partial charge in [-0.15, -0.1) is 11.3 Å². The summed E-state index contributed by atoms with van der Waals surface area (Å²) >= 11 is 1.23. The summed E-state index contributed by atoms with van der Waals surface area (Å²) in [5, 5.41) is 1.59. The van der Waals surface area contributed by atoms with Gasteiger partial charge in [0.25, 0.3) is 0 Å². The second kappa shape index (κ2) is 4.83. The van der Waals surface area contributed by atoms with Crippen molar-refractivity contribution in [2.24, 2.45) is 0 Å². The molecule has 8 heteroatoms. The third kappa shape index (κ3) is 2.98. The summed E-state index contributed by atoms with van der Waals surface area (Å²) in [5.74, 6) is -7.70. The van der Waals surface area contributed by atoms with Crippen molar-refractivity contribution in [3.63, 3.8) is 0 Å². The van der Waals surface area contributed by atoms with Gasteiger partial charge >= 0.3 is 18.0 Å². The minimum atomic E-state index is -5.88. The monoisotopic (exact) mass is 287 g/mol. The summed E-state index contributed by atoms with van der Waals surface area (Å²) in [6.45, 7) is 3.22. The van der Waals surface area contributed by atoms with Crippen molar-refractivity contribution < 1.29 is 26.7 Å². The average molecular weight is 287 g/mol. The lowest BCUT2D eigenvalue weighted by atomic mass is 10.2. The van der Waals surface area contributed by atoms with Crippen LogP contribution in [-0.4, -0.2) is 18.0 Å². The molecule has 0 aliphatic rings. The van der Waals surface area contributed by atoms with Crippen LogP contribution >= 0.6 is 11.3 Å². The predicted octanol–water partition coefficient (Wildman–Crippen LogP) is 3.18. The van der Waals surface area contributed by atoms with E-state index in [1.54, 1.807) is 25.2 Å². The van der Waals surface area contributed by atoms with Gasteiger partial charge in [0.05, 0.1) is 6.54 Å². The fourth-order valence-electron chi connectivity index (χ4n) is 1.14. The van der Waals surface area contributed by atoms with Gasteiger partial charge in [-0.1, -0.05) is 0 Å². The van der Waals surface area contributed by atoms with Crippen LogP contribution in [0, 0.1) is 13.8 Å². The van der Waals surface area contributed by atoms with E-state index < -0.39 is 18.0 Å². The van der Waals surface area contributed by atoms with Gasteiger partial charge in [0.2, 0.25) is 0 Å². The Hall–Kier alpha value is -1.18. The molecule has 0 saturated carbocycles. The zero-order chi connectivity index (χ0) is 14.1. The minimum absolute atomic E-state index is 0.343. The first-order valence-electron chi connectivity index (χ1n) is 4.84. The van der Waals surface area contributed by atoms with E-state index in [4.69, 9.17) is 0 Å². The largest absolute Gasteiger partial charge is 0.463 e. The van der Waals surface area contributed by atoms with Gasteiger partial charge in [0.1, 0.15) is 0 Å². The van der Waals surface area contributed by atoms with Crippen molar-refractivity contribution in [3.8, 4) is 0 Å². The molecular formula is C10H10F5NOS. The SMILES string of the molecule is Cc1cc(CNC(=O)C(F)(F)C(F)(F)F)sc1C. The Morgan fingerprint density at radius 3 is 2.22 bits per heavy atom. The smallest absolute Gasteiger partial charge is 0.346 e.